The molecule has 0 aliphatic carbocycles. The molecule has 0 unspecified atom stereocenters. The molecule has 0 saturated carbocycles. The van der Waals surface area contributed by atoms with Crippen LogP contribution in [0.15, 0.2) is 53.6 Å². The zero-order valence-corrected chi connectivity index (χ0v) is 14.7. The van der Waals surface area contributed by atoms with Gasteiger partial charge in [-0.2, -0.15) is 5.10 Å². The van der Waals surface area contributed by atoms with E-state index >= 15 is 0 Å². The molecule has 0 aliphatic rings. The van der Waals surface area contributed by atoms with Crippen molar-refractivity contribution in [3.8, 4) is 0 Å². The Balaban J connectivity index is 1.87. The van der Waals surface area contributed by atoms with Crippen molar-refractivity contribution < 1.29 is 9.59 Å². The number of hydrazone groups is 1. The molecule has 6 heteroatoms. The molecule has 0 aromatic heterocycles. The number of halogens is 1. The van der Waals surface area contributed by atoms with Gasteiger partial charge in [-0.15, -0.1) is 0 Å². The van der Waals surface area contributed by atoms with E-state index in [9.17, 15) is 9.59 Å². The lowest BCUT2D eigenvalue weighted by Gasteiger charge is -2.05. The second-order valence-corrected chi connectivity index (χ2v) is 5.92. The van der Waals surface area contributed by atoms with E-state index in [1.807, 2.05) is 6.92 Å². The third-order valence-electron chi connectivity index (χ3n) is 3.44. The van der Waals surface area contributed by atoms with Gasteiger partial charge in [-0.1, -0.05) is 37.1 Å². The lowest BCUT2D eigenvalue weighted by molar-refractivity contribution is -0.116. The summed E-state index contributed by atoms with van der Waals surface area (Å²) in [5, 5.41) is 7.36. The maximum Gasteiger partial charge on any atom is 0.271 e. The molecule has 25 heavy (non-hydrogen) atoms. The zero-order valence-electron chi connectivity index (χ0n) is 14.0. The van der Waals surface area contributed by atoms with Crippen molar-refractivity contribution in [2.45, 2.75) is 26.2 Å². The molecular weight excluding hydrogens is 338 g/mol. The summed E-state index contributed by atoms with van der Waals surface area (Å²) >= 11 is 5.80. The first-order chi connectivity index (χ1) is 12.1. The van der Waals surface area contributed by atoms with E-state index in [2.05, 4.69) is 15.8 Å². The Labute approximate surface area is 152 Å². The predicted octanol–water partition coefficient (Wildman–Crippen LogP) is 4.23. The summed E-state index contributed by atoms with van der Waals surface area (Å²) < 4.78 is 0. The van der Waals surface area contributed by atoms with Crippen molar-refractivity contribution in [1.82, 2.24) is 5.43 Å². The summed E-state index contributed by atoms with van der Waals surface area (Å²) in [6, 6.07) is 13.8. The second-order valence-electron chi connectivity index (χ2n) is 5.48. The van der Waals surface area contributed by atoms with Gasteiger partial charge in [0.25, 0.3) is 5.91 Å². The largest absolute Gasteiger partial charge is 0.326 e. The lowest BCUT2D eigenvalue weighted by atomic mass is 10.2. The van der Waals surface area contributed by atoms with Crippen LogP contribution in [0.25, 0.3) is 0 Å². The van der Waals surface area contributed by atoms with Crippen LogP contribution in [-0.2, 0) is 4.79 Å². The monoisotopic (exact) mass is 357 g/mol. The first-order valence-corrected chi connectivity index (χ1v) is 8.45. The van der Waals surface area contributed by atoms with Gasteiger partial charge < -0.3 is 5.32 Å². The Morgan fingerprint density at radius 2 is 1.76 bits per heavy atom. The highest BCUT2D eigenvalue weighted by Gasteiger charge is 2.05. The summed E-state index contributed by atoms with van der Waals surface area (Å²) in [7, 11) is 0. The van der Waals surface area contributed by atoms with Gasteiger partial charge in [0, 0.05) is 22.7 Å². The minimum absolute atomic E-state index is 0.0217. The minimum atomic E-state index is -0.325. The third-order valence-corrected chi connectivity index (χ3v) is 3.69. The highest BCUT2D eigenvalue weighted by atomic mass is 35.5. The van der Waals surface area contributed by atoms with E-state index in [-0.39, 0.29) is 11.8 Å². The van der Waals surface area contributed by atoms with E-state index in [0.717, 1.165) is 18.4 Å². The van der Waals surface area contributed by atoms with Crippen LogP contribution in [0.5, 0.6) is 0 Å². The molecule has 2 aromatic carbocycles. The number of carbonyl (C=O) groups is 2. The molecule has 0 fully saturated rings. The molecule has 0 radical (unpaired) electrons. The number of carbonyl (C=O) groups excluding carboxylic acids is 2. The van der Waals surface area contributed by atoms with Crippen LogP contribution in [0.1, 0.15) is 42.1 Å². The molecule has 5 nitrogen and oxygen atoms in total. The van der Waals surface area contributed by atoms with Crippen molar-refractivity contribution in [2.24, 2.45) is 5.10 Å². The van der Waals surface area contributed by atoms with Gasteiger partial charge in [0.1, 0.15) is 0 Å². The van der Waals surface area contributed by atoms with E-state index in [0.29, 0.717) is 22.7 Å². The molecule has 0 heterocycles. The summed E-state index contributed by atoms with van der Waals surface area (Å²) in [6.07, 6.45) is 3.87. The second kappa shape index (κ2) is 9.59. The molecule has 2 rings (SSSR count). The molecule has 130 valence electrons. The first-order valence-electron chi connectivity index (χ1n) is 8.07. The number of nitrogens with zero attached hydrogens (tertiary/aromatic N) is 1. The van der Waals surface area contributed by atoms with E-state index < -0.39 is 0 Å². The highest BCUT2D eigenvalue weighted by Crippen LogP contribution is 2.11. The van der Waals surface area contributed by atoms with Crippen LogP contribution in [0, 0.1) is 0 Å². The molecule has 2 aromatic rings. The Kier molecular flexibility index (Phi) is 7.16. The number of unbranched alkanes of at least 4 members (excludes halogenated alkanes) is 1. The molecule has 2 N–H and O–H groups in total. The number of hydrogen-bond acceptors (Lipinski definition) is 3. The third kappa shape index (κ3) is 6.39. The number of anilines is 1. The Hall–Kier alpha value is -2.66. The fourth-order valence-corrected chi connectivity index (χ4v) is 2.17. The summed E-state index contributed by atoms with van der Waals surface area (Å²) in [5.74, 6) is -0.347. The topological polar surface area (TPSA) is 70.6 Å². The number of hydrogen-bond donors (Lipinski definition) is 2. The lowest BCUT2D eigenvalue weighted by Crippen LogP contribution is -2.17. The average Bonchev–Trinajstić information content (AvgIpc) is 2.62. The van der Waals surface area contributed by atoms with E-state index in [1.54, 1.807) is 48.5 Å². The Bertz CT molecular complexity index is 740. The van der Waals surface area contributed by atoms with Crippen LogP contribution in [0.2, 0.25) is 5.02 Å². The van der Waals surface area contributed by atoms with Crippen LogP contribution >= 0.6 is 11.6 Å². The smallest absolute Gasteiger partial charge is 0.271 e. The fraction of sp³-hybridized carbons (Fsp3) is 0.211. The van der Waals surface area contributed by atoms with Crippen LogP contribution in [0.4, 0.5) is 5.69 Å². The van der Waals surface area contributed by atoms with Gasteiger partial charge >= 0.3 is 0 Å². The summed E-state index contributed by atoms with van der Waals surface area (Å²) in [4.78, 5) is 23.7. The number of rotatable bonds is 7. The molecular formula is C19H20ClN3O2. The van der Waals surface area contributed by atoms with Crippen molar-refractivity contribution in [1.29, 1.82) is 0 Å². The summed E-state index contributed by atoms with van der Waals surface area (Å²) in [5.41, 5.74) is 4.42. The van der Waals surface area contributed by atoms with Crippen molar-refractivity contribution in [2.75, 3.05) is 5.32 Å². The quantitative estimate of drug-likeness (QED) is 0.575. The van der Waals surface area contributed by atoms with Gasteiger partial charge in [-0.25, -0.2) is 5.43 Å². The highest BCUT2D eigenvalue weighted by molar-refractivity contribution is 6.30. The zero-order chi connectivity index (χ0) is 18.1. The van der Waals surface area contributed by atoms with Gasteiger partial charge in [-0.3, -0.25) is 9.59 Å². The molecule has 0 bridgehead atoms. The van der Waals surface area contributed by atoms with Crippen molar-refractivity contribution in [3.63, 3.8) is 0 Å². The molecule has 2 amide bonds. The maximum atomic E-state index is 12.0. The van der Waals surface area contributed by atoms with E-state index in [4.69, 9.17) is 11.6 Å². The number of amides is 2. The SMILES string of the molecule is CCCCC(=O)Nc1ccc(C(=O)NN=Cc2ccc(Cl)cc2)cc1. The molecule has 0 saturated heterocycles. The predicted molar refractivity (Wildman–Crippen MR) is 101 cm³/mol. The van der Waals surface area contributed by atoms with E-state index in [1.165, 1.54) is 6.21 Å². The number of benzene rings is 2. The first kappa shape index (κ1) is 18.7. The minimum Gasteiger partial charge on any atom is -0.326 e. The Morgan fingerprint density at radius 3 is 2.40 bits per heavy atom. The van der Waals surface area contributed by atoms with Gasteiger partial charge in [0.2, 0.25) is 5.91 Å². The van der Waals surface area contributed by atoms with Gasteiger partial charge in [0.15, 0.2) is 0 Å². The van der Waals surface area contributed by atoms with Crippen LogP contribution in [0.3, 0.4) is 0 Å². The van der Waals surface area contributed by atoms with Gasteiger partial charge in [0.05, 0.1) is 6.21 Å². The molecule has 0 spiro atoms. The average molecular weight is 358 g/mol. The van der Waals surface area contributed by atoms with Crippen LogP contribution < -0.4 is 10.7 Å². The normalized spacial score (nSPS) is 10.6. The summed E-state index contributed by atoms with van der Waals surface area (Å²) in [6.45, 7) is 2.04. The van der Waals surface area contributed by atoms with Crippen molar-refractivity contribution in [3.05, 3.63) is 64.7 Å². The molecule has 0 atom stereocenters. The fourth-order valence-electron chi connectivity index (χ4n) is 2.04. The van der Waals surface area contributed by atoms with Gasteiger partial charge in [-0.05, 0) is 48.4 Å². The molecule has 0 aliphatic heterocycles. The Morgan fingerprint density at radius 1 is 1.08 bits per heavy atom. The van der Waals surface area contributed by atoms with Crippen molar-refractivity contribution >= 4 is 35.3 Å². The van der Waals surface area contributed by atoms with Crippen LogP contribution in [-0.4, -0.2) is 18.0 Å². The standard InChI is InChI=1S/C19H20ClN3O2/c1-2-3-4-18(24)22-17-11-7-15(8-12-17)19(25)23-21-13-14-5-9-16(20)10-6-14/h5-13H,2-4H2,1H3,(H,22,24)(H,23,25). The maximum absolute atomic E-state index is 12.0. The number of nitrogens with one attached hydrogen (secondary N) is 2.